The number of halogens is 2. The van der Waals surface area contributed by atoms with Crippen molar-refractivity contribution in [3.63, 3.8) is 0 Å². The van der Waals surface area contributed by atoms with Crippen LogP contribution in [0.1, 0.15) is 33.6 Å². The van der Waals surface area contributed by atoms with E-state index in [1.807, 2.05) is 0 Å². The zero-order valence-corrected chi connectivity index (χ0v) is 18.2. The molecule has 0 saturated heterocycles. The summed E-state index contributed by atoms with van der Waals surface area (Å²) in [6.45, 7) is 1.14. The SMILES string of the molecule is Cc1cc2c(C3=CC=CCC3=O)c(C(=O)O)n(Cc3cc4c(=O)[nH]c(=O)[nH]c4cc3F)c2cc1F. The molecule has 0 fully saturated rings. The second kappa shape index (κ2) is 8.01. The van der Waals surface area contributed by atoms with Gasteiger partial charge >= 0.3 is 11.7 Å². The molecule has 3 N–H and O–H groups in total. The summed E-state index contributed by atoms with van der Waals surface area (Å²) in [6.07, 6.45) is 4.86. The van der Waals surface area contributed by atoms with E-state index in [0.29, 0.717) is 5.39 Å². The molecule has 2 aromatic heterocycles. The number of aromatic nitrogens is 3. The summed E-state index contributed by atoms with van der Waals surface area (Å²) in [6, 6.07) is 4.78. The van der Waals surface area contributed by atoms with Gasteiger partial charge in [0.15, 0.2) is 5.78 Å². The molecule has 0 unspecified atom stereocenters. The molecule has 0 amide bonds. The van der Waals surface area contributed by atoms with Gasteiger partial charge in [0.1, 0.15) is 17.3 Å². The van der Waals surface area contributed by atoms with Crippen molar-refractivity contribution in [3.8, 4) is 0 Å². The lowest BCUT2D eigenvalue weighted by molar-refractivity contribution is -0.113. The smallest absolute Gasteiger partial charge is 0.353 e. The largest absolute Gasteiger partial charge is 0.477 e. The van der Waals surface area contributed by atoms with Crippen LogP contribution in [0.25, 0.3) is 27.4 Å². The van der Waals surface area contributed by atoms with E-state index in [1.54, 1.807) is 12.2 Å². The number of Topliss-reactive ketones (excluding diaryl/α,β-unsaturated/α-hetero) is 1. The van der Waals surface area contributed by atoms with Gasteiger partial charge in [0.05, 0.1) is 23.0 Å². The summed E-state index contributed by atoms with van der Waals surface area (Å²) in [5.74, 6) is -3.09. The zero-order valence-electron chi connectivity index (χ0n) is 18.2. The van der Waals surface area contributed by atoms with E-state index in [4.69, 9.17) is 0 Å². The molecule has 8 nitrogen and oxygen atoms in total. The molecule has 35 heavy (non-hydrogen) atoms. The number of carbonyl (C=O) groups is 2. The minimum absolute atomic E-state index is 0.00751. The Morgan fingerprint density at radius 1 is 1.06 bits per heavy atom. The van der Waals surface area contributed by atoms with Crippen LogP contribution >= 0.6 is 0 Å². The van der Waals surface area contributed by atoms with Crippen LogP contribution in [-0.2, 0) is 11.3 Å². The van der Waals surface area contributed by atoms with Crippen LogP contribution in [0.5, 0.6) is 0 Å². The minimum Gasteiger partial charge on any atom is -0.477 e. The molecule has 0 saturated carbocycles. The maximum Gasteiger partial charge on any atom is 0.353 e. The fourth-order valence-electron chi connectivity index (χ4n) is 4.43. The molecule has 0 radical (unpaired) electrons. The standard InChI is InChI=1S/C25H17F2N3O5/c1-11-6-15-19(9-16(11)26)30(22(24(33)34)21(15)13-4-2-3-5-20(13)31)10-12-7-14-18(8-17(12)27)28-25(35)29-23(14)32/h2-4,6-9H,5,10H2,1H3,(H,33,34)(H2,28,29,32,35). The van der Waals surface area contributed by atoms with Gasteiger partial charge < -0.3 is 14.7 Å². The van der Waals surface area contributed by atoms with Crippen LogP contribution in [0.4, 0.5) is 8.78 Å². The highest BCUT2D eigenvalue weighted by Crippen LogP contribution is 2.36. The molecular weight excluding hydrogens is 460 g/mol. The number of fused-ring (bicyclic) bond motifs is 2. The number of rotatable bonds is 4. The fraction of sp³-hybridized carbons (Fsp3) is 0.120. The monoisotopic (exact) mass is 477 g/mol. The third-order valence-electron chi connectivity index (χ3n) is 6.05. The minimum atomic E-state index is -1.39. The first kappa shape index (κ1) is 22.2. The highest BCUT2D eigenvalue weighted by atomic mass is 19.1. The van der Waals surface area contributed by atoms with E-state index < -0.39 is 28.9 Å². The number of carboxylic acids is 1. The first-order valence-electron chi connectivity index (χ1n) is 10.6. The van der Waals surface area contributed by atoms with Gasteiger partial charge in [-0.1, -0.05) is 18.2 Å². The molecule has 176 valence electrons. The maximum absolute atomic E-state index is 15.0. The molecule has 0 spiro atoms. The van der Waals surface area contributed by atoms with E-state index in [2.05, 4.69) is 9.97 Å². The first-order valence-corrected chi connectivity index (χ1v) is 10.6. The Morgan fingerprint density at radius 3 is 2.54 bits per heavy atom. The number of nitrogens with zero attached hydrogens (tertiary/aromatic N) is 1. The molecule has 5 rings (SSSR count). The summed E-state index contributed by atoms with van der Waals surface area (Å²) in [4.78, 5) is 53.3. The summed E-state index contributed by atoms with van der Waals surface area (Å²) in [5, 5.41) is 10.5. The number of hydrogen-bond donors (Lipinski definition) is 3. The number of ketones is 1. The van der Waals surface area contributed by atoms with Crippen LogP contribution in [0.3, 0.4) is 0 Å². The van der Waals surface area contributed by atoms with Crippen LogP contribution in [-0.4, -0.2) is 31.4 Å². The molecule has 1 aliphatic rings. The number of carbonyl (C=O) groups excluding carboxylic acids is 1. The molecule has 0 bridgehead atoms. The van der Waals surface area contributed by atoms with E-state index in [0.717, 1.165) is 12.1 Å². The fourth-order valence-corrected chi connectivity index (χ4v) is 4.43. The third-order valence-corrected chi connectivity index (χ3v) is 6.05. The van der Waals surface area contributed by atoms with Crippen molar-refractivity contribution in [1.82, 2.24) is 14.5 Å². The third kappa shape index (κ3) is 3.59. The normalized spacial score (nSPS) is 13.6. The summed E-state index contributed by atoms with van der Waals surface area (Å²) in [7, 11) is 0. The molecule has 4 aromatic rings. The predicted molar refractivity (Wildman–Crippen MR) is 125 cm³/mol. The quantitative estimate of drug-likeness (QED) is 0.415. The van der Waals surface area contributed by atoms with Gasteiger partial charge in [-0.3, -0.25) is 14.6 Å². The zero-order chi connectivity index (χ0) is 25.0. The topological polar surface area (TPSA) is 125 Å². The Kier molecular flexibility index (Phi) is 5.08. The summed E-state index contributed by atoms with van der Waals surface area (Å²) >= 11 is 0. The van der Waals surface area contributed by atoms with E-state index >= 15 is 4.39 Å². The van der Waals surface area contributed by atoms with E-state index in [9.17, 15) is 28.7 Å². The number of hydrogen-bond acceptors (Lipinski definition) is 4. The number of aromatic carboxylic acids is 1. The average Bonchev–Trinajstić information content (AvgIpc) is 3.08. The molecule has 0 atom stereocenters. The number of allylic oxidation sites excluding steroid dienone is 4. The van der Waals surface area contributed by atoms with Gasteiger partial charge in [-0.05, 0) is 36.8 Å². The Hall–Kier alpha value is -4.60. The number of benzene rings is 2. The van der Waals surface area contributed by atoms with Crippen molar-refractivity contribution >= 4 is 39.1 Å². The maximum atomic E-state index is 15.0. The number of carboxylic acid groups (broad SMARTS) is 1. The Balaban J connectivity index is 1.82. The second-order valence-electron chi connectivity index (χ2n) is 8.27. The van der Waals surface area contributed by atoms with Gasteiger partial charge in [-0.15, -0.1) is 0 Å². The number of nitrogens with one attached hydrogen (secondary N) is 2. The first-order chi connectivity index (χ1) is 16.7. The predicted octanol–water partition coefficient (Wildman–Crippen LogP) is 3.42. The molecule has 1 aliphatic carbocycles. The molecular formula is C25H17F2N3O5. The van der Waals surface area contributed by atoms with Gasteiger partial charge in [0.2, 0.25) is 0 Å². The molecule has 0 aliphatic heterocycles. The van der Waals surface area contributed by atoms with Crippen molar-refractivity contribution < 1.29 is 23.5 Å². The van der Waals surface area contributed by atoms with E-state index in [-0.39, 0.29) is 63.1 Å². The van der Waals surface area contributed by atoms with E-state index in [1.165, 1.54) is 29.7 Å². The van der Waals surface area contributed by atoms with Crippen molar-refractivity contribution in [3.05, 3.63) is 97.4 Å². The van der Waals surface area contributed by atoms with Crippen molar-refractivity contribution in [2.75, 3.05) is 0 Å². The Morgan fingerprint density at radius 2 is 1.83 bits per heavy atom. The van der Waals surface area contributed by atoms with Crippen LogP contribution < -0.4 is 11.2 Å². The summed E-state index contributed by atoms with van der Waals surface area (Å²) < 4.78 is 30.8. The lowest BCUT2D eigenvalue weighted by Gasteiger charge is -2.12. The lowest BCUT2D eigenvalue weighted by Crippen LogP contribution is -2.22. The number of H-pyrrole nitrogens is 2. The Bertz CT molecular complexity index is 1770. The number of aromatic amines is 2. The second-order valence-corrected chi connectivity index (χ2v) is 8.27. The molecule has 2 heterocycles. The van der Waals surface area contributed by atoms with Gasteiger partial charge in [0.25, 0.3) is 5.56 Å². The lowest BCUT2D eigenvalue weighted by atomic mass is 9.93. The van der Waals surface area contributed by atoms with Gasteiger partial charge in [0, 0.05) is 28.5 Å². The van der Waals surface area contributed by atoms with Crippen molar-refractivity contribution in [2.24, 2.45) is 0 Å². The Labute approximate surface area is 194 Å². The van der Waals surface area contributed by atoms with Crippen LogP contribution in [0.2, 0.25) is 0 Å². The van der Waals surface area contributed by atoms with Crippen molar-refractivity contribution in [2.45, 2.75) is 19.9 Å². The van der Waals surface area contributed by atoms with Crippen LogP contribution in [0.15, 0.2) is 52.1 Å². The summed E-state index contributed by atoms with van der Waals surface area (Å²) in [5.41, 5.74) is -1.26. The molecule has 10 heteroatoms. The average molecular weight is 477 g/mol. The van der Waals surface area contributed by atoms with Crippen LogP contribution in [0, 0.1) is 18.6 Å². The number of aryl methyl sites for hydroxylation is 1. The van der Waals surface area contributed by atoms with Crippen molar-refractivity contribution in [1.29, 1.82) is 0 Å². The molecule has 2 aromatic carbocycles. The van der Waals surface area contributed by atoms with Gasteiger partial charge in [-0.25, -0.2) is 18.4 Å². The highest BCUT2D eigenvalue weighted by Gasteiger charge is 2.29. The highest BCUT2D eigenvalue weighted by molar-refractivity contribution is 6.27. The van der Waals surface area contributed by atoms with Gasteiger partial charge in [-0.2, -0.15) is 0 Å².